The van der Waals surface area contributed by atoms with Crippen LogP contribution in [0.25, 0.3) is 0 Å². The van der Waals surface area contributed by atoms with Crippen molar-refractivity contribution in [1.29, 1.82) is 0 Å². The van der Waals surface area contributed by atoms with Crippen LogP contribution in [0.1, 0.15) is 16.7 Å². The predicted octanol–water partition coefficient (Wildman–Crippen LogP) is 2.82. The molecule has 4 nitrogen and oxygen atoms in total. The standard InChI is InChI=1S/C19H22N2O2/c1-13-8-14(2)10-15(9-13)11-21-12-18(19(22)20-3)23-17-7-5-4-6-16(17)21/h4-10,18H,11-12H2,1-3H3,(H,20,22)/t18-/m0/s1. The van der Waals surface area contributed by atoms with Gasteiger partial charge < -0.3 is 15.0 Å². The van der Waals surface area contributed by atoms with E-state index in [2.05, 4.69) is 42.3 Å². The van der Waals surface area contributed by atoms with Gasteiger partial charge in [-0.05, 0) is 31.5 Å². The first-order chi connectivity index (χ1) is 11.1. The van der Waals surface area contributed by atoms with Crippen molar-refractivity contribution in [3.63, 3.8) is 0 Å². The summed E-state index contributed by atoms with van der Waals surface area (Å²) in [6.45, 7) is 5.52. The maximum absolute atomic E-state index is 12.0. The smallest absolute Gasteiger partial charge is 0.262 e. The summed E-state index contributed by atoms with van der Waals surface area (Å²) in [5, 5.41) is 2.68. The van der Waals surface area contributed by atoms with Gasteiger partial charge in [0.15, 0.2) is 6.10 Å². The Morgan fingerprint density at radius 3 is 2.61 bits per heavy atom. The van der Waals surface area contributed by atoms with E-state index in [4.69, 9.17) is 4.74 Å². The molecule has 0 aromatic heterocycles. The van der Waals surface area contributed by atoms with Gasteiger partial charge in [0.1, 0.15) is 5.75 Å². The molecule has 4 heteroatoms. The number of nitrogens with zero attached hydrogens (tertiary/aromatic N) is 1. The highest BCUT2D eigenvalue weighted by atomic mass is 16.5. The monoisotopic (exact) mass is 310 g/mol. The lowest BCUT2D eigenvalue weighted by Gasteiger charge is -2.35. The molecule has 1 aliphatic rings. The lowest BCUT2D eigenvalue weighted by Crippen LogP contribution is -2.47. The van der Waals surface area contributed by atoms with E-state index in [1.54, 1.807) is 7.05 Å². The van der Waals surface area contributed by atoms with E-state index in [9.17, 15) is 4.79 Å². The van der Waals surface area contributed by atoms with Gasteiger partial charge in [-0.2, -0.15) is 0 Å². The Labute approximate surface area is 137 Å². The van der Waals surface area contributed by atoms with Crippen molar-refractivity contribution in [2.75, 3.05) is 18.5 Å². The number of fused-ring (bicyclic) bond motifs is 1. The molecule has 0 fully saturated rings. The van der Waals surface area contributed by atoms with E-state index in [1.165, 1.54) is 16.7 Å². The van der Waals surface area contributed by atoms with Crippen molar-refractivity contribution in [3.05, 3.63) is 59.2 Å². The average Bonchev–Trinajstić information content (AvgIpc) is 2.53. The van der Waals surface area contributed by atoms with Gasteiger partial charge >= 0.3 is 0 Å². The zero-order valence-corrected chi connectivity index (χ0v) is 13.8. The zero-order valence-electron chi connectivity index (χ0n) is 13.8. The minimum absolute atomic E-state index is 0.0927. The third kappa shape index (κ3) is 3.31. The van der Waals surface area contributed by atoms with Crippen LogP contribution in [0, 0.1) is 13.8 Å². The van der Waals surface area contributed by atoms with Crippen molar-refractivity contribution in [2.45, 2.75) is 26.5 Å². The summed E-state index contributed by atoms with van der Waals surface area (Å²) in [5.74, 6) is 0.668. The molecule has 0 unspecified atom stereocenters. The highest BCUT2D eigenvalue weighted by molar-refractivity contribution is 5.83. The second-order valence-corrected chi connectivity index (χ2v) is 6.06. The van der Waals surface area contributed by atoms with Crippen LogP contribution in [-0.4, -0.2) is 25.6 Å². The van der Waals surface area contributed by atoms with Gasteiger partial charge in [-0.3, -0.25) is 4.79 Å². The van der Waals surface area contributed by atoms with Crippen LogP contribution in [0.4, 0.5) is 5.69 Å². The van der Waals surface area contributed by atoms with E-state index in [1.807, 2.05) is 24.3 Å². The van der Waals surface area contributed by atoms with Crippen LogP contribution >= 0.6 is 0 Å². The summed E-state index contributed by atoms with van der Waals surface area (Å²) >= 11 is 0. The molecule has 1 amide bonds. The summed E-state index contributed by atoms with van der Waals surface area (Å²) in [4.78, 5) is 14.2. The Kier molecular flexibility index (Phi) is 4.24. The number of hydrogen-bond acceptors (Lipinski definition) is 3. The molecule has 2 aromatic rings. The van der Waals surface area contributed by atoms with Gasteiger partial charge in [-0.25, -0.2) is 0 Å². The molecule has 2 aromatic carbocycles. The third-order valence-corrected chi connectivity index (χ3v) is 4.06. The largest absolute Gasteiger partial charge is 0.477 e. The van der Waals surface area contributed by atoms with Gasteiger partial charge in [-0.15, -0.1) is 0 Å². The molecule has 1 aliphatic heterocycles. The molecular weight excluding hydrogens is 288 g/mol. The molecule has 0 aliphatic carbocycles. The van der Waals surface area contributed by atoms with E-state index in [-0.39, 0.29) is 5.91 Å². The molecule has 1 atom stereocenters. The van der Waals surface area contributed by atoms with Crippen molar-refractivity contribution in [2.24, 2.45) is 0 Å². The quantitative estimate of drug-likeness (QED) is 0.948. The number of anilines is 1. The van der Waals surface area contributed by atoms with Gasteiger partial charge in [-0.1, -0.05) is 41.5 Å². The molecule has 0 spiro atoms. The number of benzene rings is 2. The Bertz CT molecular complexity index is 707. The normalized spacial score (nSPS) is 16.5. The van der Waals surface area contributed by atoms with E-state index in [0.29, 0.717) is 6.54 Å². The van der Waals surface area contributed by atoms with Gasteiger partial charge in [0.05, 0.1) is 12.2 Å². The predicted molar refractivity (Wildman–Crippen MR) is 91.9 cm³/mol. The highest BCUT2D eigenvalue weighted by Crippen LogP contribution is 2.34. The number of nitrogens with one attached hydrogen (secondary N) is 1. The van der Waals surface area contributed by atoms with Crippen LogP contribution in [0.2, 0.25) is 0 Å². The zero-order chi connectivity index (χ0) is 16.4. The lowest BCUT2D eigenvalue weighted by atomic mass is 10.1. The maximum Gasteiger partial charge on any atom is 0.262 e. The summed E-state index contributed by atoms with van der Waals surface area (Å²) in [5.41, 5.74) is 4.79. The number of amides is 1. The Morgan fingerprint density at radius 1 is 1.22 bits per heavy atom. The second kappa shape index (κ2) is 6.32. The Balaban J connectivity index is 1.91. The number of aryl methyl sites for hydroxylation is 2. The molecule has 0 saturated carbocycles. The minimum Gasteiger partial charge on any atom is -0.477 e. The fraction of sp³-hybridized carbons (Fsp3) is 0.316. The van der Waals surface area contributed by atoms with Gasteiger partial charge in [0, 0.05) is 13.6 Å². The molecule has 0 saturated heterocycles. The number of carbonyl (C=O) groups is 1. The second-order valence-electron chi connectivity index (χ2n) is 6.06. The number of carbonyl (C=O) groups excluding carboxylic acids is 1. The van der Waals surface area contributed by atoms with E-state index < -0.39 is 6.10 Å². The lowest BCUT2D eigenvalue weighted by molar-refractivity contribution is -0.127. The first kappa shape index (κ1) is 15.4. The number of rotatable bonds is 3. The molecule has 1 heterocycles. The van der Waals surface area contributed by atoms with Crippen LogP contribution in [0.3, 0.4) is 0 Å². The summed E-state index contributed by atoms with van der Waals surface area (Å²) in [6, 6.07) is 14.4. The average molecular weight is 310 g/mol. The van der Waals surface area contributed by atoms with Crippen LogP contribution in [0.5, 0.6) is 5.75 Å². The van der Waals surface area contributed by atoms with Gasteiger partial charge in [0.25, 0.3) is 5.91 Å². The fourth-order valence-electron chi connectivity index (χ4n) is 3.13. The number of ether oxygens (including phenoxy) is 1. The molecule has 3 rings (SSSR count). The number of hydrogen-bond donors (Lipinski definition) is 1. The molecule has 23 heavy (non-hydrogen) atoms. The number of likely N-dealkylation sites (N-methyl/N-ethyl adjacent to an activating group) is 1. The molecule has 0 bridgehead atoms. The maximum atomic E-state index is 12.0. The van der Waals surface area contributed by atoms with Crippen molar-refractivity contribution in [1.82, 2.24) is 5.32 Å². The van der Waals surface area contributed by atoms with Crippen molar-refractivity contribution in [3.8, 4) is 5.75 Å². The molecule has 0 radical (unpaired) electrons. The van der Waals surface area contributed by atoms with Crippen LogP contribution in [-0.2, 0) is 11.3 Å². The summed E-state index contributed by atoms with van der Waals surface area (Å²) in [6.07, 6.45) is -0.485. The van der Waals surface area contributed by atoms with Crippen LogP contribution in [0.15, 0.2) is 42.5 Å². The first-order valence-corrected chi connectivity index (χ1v) is 7.86. The third-order valence-electron chi connectivity index (χ3n) is 4.06. The first-order valence-electron chi connectivity index (χ1n) is 7.86. The van der Waals surface area contributed by atoms with Crippen molar-refractivity contribution >= 4 is 11.6 Å². The van der Waals surface area contributed by atoms with E-state index >= 15 is 0 Å². The minimum atomic E-state index is -0.485. The van der Waals surface area contributed by atoms with Gasteiger partial charge in [0.2, 0.25) is 0 Å². The highest BCUT2D eigenvalue weighted by Gasteiger charge is 2.29. The Hall–Kier alpha value is -2.49. The SMILES string of the molecule is CNC(=O)[C@@H]1CN(Cc2cc(C)cc(C)c2)c2ccccc2O1. The van der Waals surface area contributed by atoms with E-state index in [0.717, 1.165) is 18.0 Å². The van der Waals surface area contributed by atoms with Crippen LogP contribution < -0.4 is 15.0 Å². The molecule has 120 valence electrons. The molecule has 1 N–H and O–H groups in total. The summed E-state index contributed by atoms with van der Waals surface area (Å²) in [7, 11) is 1.64. The topological polar surface area (TPSA) is 41.6 Å². The fourth-order valence-corrected chi connectivity index (χ4v) is 3.13. The van der Waals surface area contributed by atoms with Crippen molar-refractivity contribution < 1.29 is 9.53 Å². The Morgan fingerprint density at radius 2 is 1.91 bits per heavy atom. The number of para-hydroxylation sites is 2. The summed E-state index contributed by atoms with van der Waals surface area (Å²) < 4.78 is 5.85. The molecular formula is C19H22N2O2.